The summed E-state index contributed by atoms with van der Waals surface area (Å²) in [6.07, 6.45) is 0. The molecule has 0 radical (unpaired) electrons. The van der Waals surface area contributed by atoms with Gasteiger partial charge in [-0.15, -0.1) is 0 Å². The minimum Gasteiger partial charge on any atom is -0.350 e. The number of carbonyl (C=O) groups excluding carboxylic acids is 2. The van der Waals surface area contributed by atoms with Gasteiger partial charge in [-0.2, -0.15) is 0 Å². The smallest absolute Gasteiger partial charge is 0.251 e. The van der Waals surface area contributed by atoms with E-state index >= 15 is 0 Å². The molecule has 0 aromatic heterocycles. The molecule has 0 unspecified atom stereocenters. The zero-order valence-corrected chi connectivity index (χ0v) is 11.6. The number of amides is 2. The summed E-state index contributed by atoms with van der Waals surface area (Å²) in [6, 6.07) is 11.4. The van der Waals surface area contributed by atoms with Crippen LogP contribution in [0.5, 0.6) is 0 Å². The third kappa shape index (κ3) is 4.37. The molecule has 0 fully saturated rings. The van der Waals surface area contributed by atoms with Crippen molar-refractivity contribution in [1.82, 2.24) is 10.6 Å². The second-order valence-corrected chi connectivity index (χ2v) is 4.56. The average Bonchev–Trinajstić information content (AvgIpc) is 2.54. The van der Waals surface area contributed by atoms with Gasteiger partial charge in [-0.1, -0.05) is 18.2 Å². The SMILES string of the molecule is O=C(CNC(=O)c1ccccc1)NCc1cc(F)ccc1F. The van der Waals surface area contributed by atoms with E-state index in [9.17, 15) is 18.4 Å². The van der Waals surface area contributed by atoms with E-state index < -0.39 is 17.5 Å². The Balaban J connectivity index is 1.81. The van der Waals surface area contributed by atoms with Gasteiger partial charge in [0.05, 0.1) is 6.54 Å². The summed E-state index contributed by atoms with van der Waals surface area (Å²) in [5, 5.41) is 4.86. The van der Waals surface area contributed by atoms with Gasteiger partial charge in [0.1, 0.15) is 11.6 Å². The molecule has 0 atom stereocenters. The maximum Gasteiger partial charge on any atom is 0.251 e. The van der Waals surface area contributed by atoms with Gasteiger partial charge in [-0.25, -0.2) is 8.78 Å². The zero-order valence-electron chi connectivity index (χ0n) is 11.6. The van der Waals surface area contributed by atoms with Crippen LogP contribution in [0.1, 0.15) is 15.9 Å². The van der Waals surface area contributed by atoms with Crippen molar-refractivity contribution in [3.8, 4) is 0 Å². The minimum atomic E-state index is -0.602. The zero-order chi connectivity index (χ0) is 15.9. The third-order valence-electron chi connectivity index (χ3n) is 2.93. The lowest BCUT2D eigenvalue weighted by atomic mass is 10.2. The quantitative estimate of drug-likeness (QED) is 0.888. The molecular weight excluding hydrogens is 290 g/mol. The van der Waals surface area contributed by atoms with Crippen LogP contribution in [0, 0.1) is 11.6 Å². The first kappa shape index (κ1) is 15.6. The molecule has 0 heterocycles. The van der Waals surface area contributed by atoms with Crippen molar-refractivity contribution in [2.24, 2.45) is 0 Å². The van der Waals surface area contributed by atoms with Gasteiger partial charge >= 0.3 is 0 Å². The van der Waals surface area contributed by atoms with Crippen LogP contribution in [0.15, 0.2) is 48.5 Å². The maximum absolute atomic E-state index is 13.4. The molecule has 0 aliphatic rings. The van der Waals surface area contributed by atoms with Crippen molar-refractivity contribution in [2.75, 3.05) is 6.54 Å². The van der Waals surface area contributed by atoms with Crippen LogP contribution in [0.3, 0.4) is 0 Å². The van der Waals surface area contributed by atoms with Gasteiger partial charge in [0, 0.05) is 17.7 Å². The molecule has 0 aliphatic heterocycles. The van der Waals surface area contributed by atoms with E-state index in [1.807, 2.05) is 0 Å². The van der Waals surface area contributed by atoms with Gasteiger partial charge < -0.3 is 10.6 Å². The number of hydrogen-bond acceptors (Lipinski definition) is 2. The Hall–Kier alpha value is -2.76. The molecule has 22 heavy (non-hydrogen) atoms. The van der Waals surface area contributed by atoms with E-state index in [0.29, 0.717) is 5.56 Å². The van der Waals surface area contributed by atoms with Crippen molar-refractivity contribution in [2.45, 2.75) is 6.54 Å². The van der Waals surface area contributed by atoms with Crippen LogP contribution in [0.4, 0.5) is 8.78 Å². The van der Waals surface area contributed by atoms with E-state index in [-0.39, 0.29) is 24.6 Å². The predicted molar refractivity (Wildman–Crippen MR) is 77.0 cm³/mol. The highest BCUT2D eigenvalue weighted by molar-refractivity contribution is 5.96. The van der Waals surface area contributed by atoms with Crippen molar-refractivity contribution in [3.05, 3.63) is 71.3 Å². The monoisotopic (exact) mass is 304 g/mol. The second-order valence-electron chi connectivity index (χ2n) is 4.56. The van der Waals surface area contributed by atoms with Gasteiger partial charge in [-0.3, -0.25) is 9.59 Å². The third-order valence-corrected chi connectivity index (χ3v) is 2.93. The molecule has 0 saturated carbocycles. The normalized spacial score (nSPS) is 10.1. The van der Waals surface area contributed by atoms with Crippen molar-refractivity contribution in [3.63, 3.8) is 0 Å². The fourth-order valence-corrected chi connectivity index (χ4v) is 1.79. The van der Waals surface area contributed by atoms with Gasteiger partial charge in [0.2, 0.25) is 5.91 Å². The first-order chi connectivity index (χ1) is 10.6. The molecule has 0 spiro atoms. The van der Waals surface area contributed by atoms with E-state index in [2.05, 4.69) is 10.6 Å². The number of rotatable bonds is 5. The summed E-state index contributed by atoms with van der Waals surface area (Å²) < 4.78 is 26.3. The Morgan fingerprint density at radius 1 is 0.955 bits per heavy atom. The topological polar surface area (TPSA) is 58.2 Å². The summed E-state index contributed by atoms with van der Waals surface area (Å²) in [5.41, 5.74) is 0.481. The fraction of sp³-hybridized carbons (Fsp3) is 0.125. The molecule has 114 valence electrons. The molecule has 4 nitrogen and oxygen atoms in total. The Labute approximate surface area is 126 Å². The highest BCUT2D eigenvalue weighted by Crippen LogP contribution is 2.09. The second kappa shape index (κ2) is 7.31. The highest BCUT2D eigenvalue weighted by Gasteiger charge is 2.09. The van der Waals surface area contributed by atoms with Crippen molar-refractivity contribution < 1.29 is 18.4 Å². The Morgan fingerprint density at radius 3 is 2.41 bits per heavy atom. The first-order valence-electron chi connectivity index (χ1n) is 6.60. The Kier molecular flexibility index (Phi) is 5.19. The van der Waals surface area contributed by atoms with E-state index in [0.717, 1.165) is 18.2 Å². The summed E-state index contributed by atoms with van der Waals surface area (Å²) in [4.78, 5) is 23.3. The molecule has 0 bridgehead atoms. The van der Waals surface area contributed by atoms with Crippen LogP contribution in [-0.4, -0.2) is 18.4 Å². The number of nitrogens with one attached hydrogen (secondary N) is 2. The minimum absolute atomic E-state index is 0.0442. The average molecular weight is 304 g/mol. The molecule has 0 saturated heterocycles. The summed E-state index contributed by atoms with van der Waals surface area (Å²) >= 11 is 0. The number of halogens is 2. The lowest BCUT2D eigenvalue weighted by Gasteiger charge is -2.08. The predicted octanol–water partition coefficient (Wildman–Crippen LogP) is 2.01. The summed E-state index contributed by atoms with van der Waals surface area (Å²) in [5.74, 6) is -2.06. The van der Waals surface area contributed by atoms with Crippen LogP contribution in [-0.2, 0) is 11.3 Å². The van der Waals surface area contributed by atoms with E-state index in [1.165, 1.54) is 0 Å². The van der Waals surface area contributed by atoms with Gasteiger partial charge in [0.15, 0.2) is 0 Å². The van der Waals surface area contributed by atoms with E-state index in [4.69, 9.17) is 0 Å². The molecule has 2 aromatic carbocycles. The molecule has 2 N–H and O–H groups in total. The number of carbonyl (C=O) groups is 2. The molecule has 2 amide bonds. The van der Waals surface area contributed by atoms with Gasteiger partial charge in [0.25, 0.3) is 5.91 Å². The number of benzene rings is 2. The first-order valence-corrected chi connectivity index (χ1v) is 6.60. The standard InChI is InChI=1S/C16H14F2N2O2/c17-13-6-7-14(18)12(8-13)9-19-15(21)10-20-16(22)11-4-2-1-3-5-11/h1-8H,9-10H2,(H,19,21)(H,20,22). The van der Waals surface area contributed by atoms with Crippen LogP contribution < -0.4 is 10.6 Å². The van der Waals surface area contributed by atoms with Crippen LogP contribution in [0.2, 0.25) is 0 Å². The lowest BCUT2D eigenvalue weighted by molar-refractivity contribution is -0.120. The molecular formula is C16H14F2N2O2. The summed E-state index contributed by atoms with van der Waals surface area (Å²) in [6.45, 7) is -0.395. The lowest BCUT2D eigenvalue weighted by Crippen LogP contribution is -2.36. The van der Waals surface area contributed by atoms with Gasteiger partial charge in [-0.05, 0) is 30.3 Å². The van der Waals surface area contributed by atoms with Crippen molar-refractivity contribution in [1.29, 1.82) is 0 Å². The maximum atomic E-state index is 13.4. The fourth-order valence-electron chi connectivity index (χ4n) is 1.79. The van der Waals surface area contributed by atoms with Crippen LogP contribution in [0.25, 0.3) is 0 Å². The molecule has 2 rings (SSSR count). The largest absolute Gasteiger partial charge is 0.350 e. The van der Waals surface area contributed by atoms with E-state index in [1.54, 1.807) is 30.3 Å². The van der Waals surface area contributed by atoms with Crippen LogP contribution >= 0.6 is 0 Å². The number of hydrogen-bond donors (Lipinski definition) is 2. The molecule has 0 aliphatic carbocycles. The summed E-state index contributed by atoms with van der Waals surface area (Å²) in [7, 11) is 0. The van der Waals surface area contributed by atoms with Crippen molar-refractivity contribution >= 4 is 11.8 Å². The Bertz CT molecular complexity index is 675. The Morgan fingerprint density at radius 2 is 1.68 bits per heavy atom. The molecule has 6 heteroatoms. The highest BCUT2D eigenvalue weighted by atomic mass is 19.1. The molecule has 2 aromatic rings.